The van der Waals surface area contributed by atoms with Crippen LogP contribution in [0, 0.1) is 18.3 Å². The molecule has 0 nitrogen and oxygen atoms in total. The summed E-state index contributed by atoms with van der Waals surface area (Å²) in [5, 5.41) is 0. The highest BCUT2D eigenvalue weighted by Crippen LogP contribution is 2.13. The monoisotopic (exact) mass is 222 g/mol. The molecule has 0 aliphatic rings. The molecule has 0 aliphatic carbocycles. The summed E-state index contributed by atoms with van der Waals surface area (Å²) in [6, 6.07) is 0. The fraction of sp³-hybridized carbons (Fsp3) is 0.875. The molecule has 0 N–H and O–H groups in total. The molecule has 0 heteroatoms. The van der Waals surface area contributed by atoms with Gasteiger partial charge in [-0.3, -0.25) is 0 Å². The summed E-state index contributed by atoms with van der Waals surface area (Å²) in [4.78, 5) is 0. The van der Waals surface area contributed by atoms with Gasteiger partial charge < -0.3 is 0 Å². The Morgan fingerprint density at radius 3 is 1.69 bits per heavy atom. The summed E-state index contributed by atoms with van der Waals surface area (Å²) in [7, 11) is 0. The van der Waals surface area contributed by atoms with Crippen LogP contribution in [0.3, 0.4) is 0 Å². The first-order chi connectivity index (χ1) is 7.81. The van der Waals surface area contributed by atoms with Crippen LogP contribution in [0.4, 0.5) is 0 Å². The molecule has 0 saturated heterocycles. The quantitative estimate of drug-likeness (QED) is 0.317. The summed E-state index contributed by atoms with van der Waals surface area (Å²) >= 11 is 0. The third-order valence-corrected chi connectivity index (χ3v) is 3.28. The van der Waals surface area contributed by atoms with Gasteiger partial charge >= 0.3 is 0 Å². The smallest absolute Gasteiger partial charge is 0.0171 e. The van der Waals surface area contributed by atoms with E-state index in [-0.39, 0.29) is 0 Å². The highest BCUT2D eigenvalue weighted by molar-refractivity contribution is 4.89. The third-order valence-electron chi connectivity index (χ3n) is 3.28. The molecule has 0 rings (SSSR count). The van der Waals surface area contributed by atoms with Gasteiger partial charge in [0.05, 0.1) is 0 Å². The maximum atomic E-state index is 5.34. The minimum absolute atomic E-state index is 0.481. The topological polar surface area (TPSA) is 0 Å². The fourth-order valence-electron chi connectivity index (χ4n) is 2.02. The summed E-state index contributed by atoms with van der Waals surface area (Å²) in [5.41, 5.74) is 0. The van der Waals surface area contributed by atoms with Gasteiger partial charge in [0.1, 0.15) is 0 Å². The lowest BCUT2D eigenvalue weighted by Crippen LogP contribution is -1.89. The zero-order chi connectivity index (χ0) is 12.1. The molecule has 0 aromatic carbocycles. The molecule has 94 valence electrons. The minimum Gasteiger partial charge on any atom is -0.120 e. The van der Waals surface area contributed by atoms with Crippen LogP contribution in [0.2, 0.25) is 0 Å². The van der Waals surface area contributed by atoms with Crippen molar-refractivity contribution >= 4 is 0 Å². The van der Waals surface area contributed by atoms with Gasteiger partial charge in [-0.15, -0.1) is 12.3 Å². The van der Waals surface area contributed by atoms with Crippen molar-refractivity contribution in [3.8, 4) is 12.3 Å². The van der Waals surface area contributed by atoms with Gasteiger partial charge in [-0.05, 0) is 6.42 Å². The normalized spacial score (nSPS) is 12.3. The van der Waals surface area contributed by atoms with Crippen molar-refractivity contribution in [2.75, 3.05) is 0 Å². The van der Waals surface area contributed by atoms with E-state index in [0.717, 1.165) is 0 Å². The number of hydrogen-bond acceptors (Lipinski definition) is 0. The van der Waals surface area contributed by atoms with Gasteiger partial charge in [-0.2, -0.15) is 0 Å². The van der Waals surface area contributed by atoms with E-state index < -0.39 is 0 Å². The van der Waals surface area contributed by atoms with E-state index in [1.54, 1.807) is 0 Å². The Morgan fingerprint density at radius 2 is 1.25 bits per heavy atom. The van der Waals surface area contributed by atoms with Gasteiger partial charge in [0.25, 0.3) is 0 Å². The zero-order valence-electron chi connectivity index (χ0n) is 11.4. The van der Waals surface area contributed by atoms with Gasteiger partial charge in [0.15, 0.2) is 0 Å². The zero-order valence-corrected chi connectivity index (χ0v) is 11.4. The Balaban J connectivity index is 2.96. The van der Waals surface area contributed by atoms with Gasteiger partial charge in [0, 0.05) is 5.92 Å². The lowest BCUT2D eigenvalue weighted by molar-refractivity contribution is 0.531. The molecule has 0 saturated carbocycles. The largest absolute Gasteiger partial charge is 0.120 e. The third kappa shape index (κ3) is 11.6. The Bertz CT molecular complexity index is 163. The minimum atomic E-state index is 0.481. The van der Waals surface area contributed by atoms with Crippen molar-refractivity contribution in [1.29, 1.82) is 0 Å². The van der Waals surface area contributed by atoms with E-state index in [0.29, 0.717) is 5.92 Å². The van der Waals surface area contributed by atoms with E-state index in [4.69, 9.17) is 6.42 Å². The van der Waals surface area contributed by atoms with Crippen LogP contribution in [0.5, 0.6) is 0 Å². The molecule has 0 fully saturated rings. The summed E-state index contributed by atoms with van der Waals surface area (Å²) < 4.78 is 0. The van der Waals surface area contributed by atoms with Crippen LogP contribution in [-0.2, 0) is 0 Å². The molecule has 0 aliphatic heterocycles. The molecule has 0 aromatic rings. The molecular weight excluding hydrogens is 192 g/mol. The second-order valence-corrected chi connectivity index (χ2v) is 5.04. The van der Waals surface area contributed by atoms with E-state index in [1.165, 1.54) is 70.6 Å². The second-order valence-electron chi connectivity index (χ2n) is 5.04. The maximum absolute atomic E-state index is 5.34. The maximum Gasteiger partial charge on any atom is 0.0171 e. The van der Waals surface area contributed by atoms with Gasteiger partial charge in [-0.1, -0.05) is 78.1 Å². The van der Waals surface area contributed by atoms with E-state index in [9.17, 15) is 0 Å². The van der Waals surface area contributed by atoms with E-state index in [1.807, 2.05) is 0 Å². The SMILES string of the molecule is C#CC(C)CCCCCCCCCCCC. The van der Waals surface area contributed by atoms with Crippen molar-refractivity contribution in [1.82, 2.24) is 0 Å². The van der Waals surface area contributed by atoms with Crippen LogP contribution < -0.4 is 0 Å². The highest BCUT2D eigenvalue weighted by Gasteiger charge is 1.96. The van der Waals surface area contributed by atoms with Crippen molar-refractivity contribution in [2.45, 2.75) is 84.5 Å². The average Bonchev–Trinajstić information content (AvgIpc) is 2.31. The summed E-state index contributed by atoms with van der Waals surface area (Å²) in [5.74, 6) is 3.28. The van der Waals surface area contributed by atoms with Crippen LogP contribution in [0.15, 0.2) is 0 Å². The Labute approximate surface area is 103 Å². The molecule has 16 heavy (non-hydrogen) atoms. The van der Waals surface area contributed by atoms with Crippen molar-refractivity contribution in [2.24, 2.45) is 5.92 Å². The molecule has 0 spiro atoms. The molecular formula is C16H30. The number of rotatable bonds is 11. The van der Waals surface area contributed by atoms with Crippen LogP contribution >= 0.6 is 0 Å². The van der Waals surface area contributed by atoms with Crippen LogP contribution in [0.25, 0.3) is 0 Å². The standard InChI is InChI=1S/C16H30/c1-4-6-7-8-9-10-11-12-13-14-15-16(3)5-2/h2,16H,4,6-15H2,1,3H3. The average molecular weight is 222 g/mol. The first-order valence-electron chi connectivity index (χ1n) is 7.27. The van der Waals surface area contributed by atoms with Crippen LogP contribution in [-0.4, -0.2) is 0 Å². The lowest BCUT2D eigenvalue weighted by Gasteiger charge is -2.04. The Kier molecular flexibility index (Phi) is 12.3. The molecule has 0 radical (unpaired) electrons. The van der Waals surface area contributed by atoms with E-state index in [2.05, 4.69) is 19.8 Å². The van der Waals surface area contributed by atoms with Crippen LogP contribution in [0.1, 0.15) is 84.5 Å². The van der Waals surface area contributed by atoms with Crippen molar-refractivity contribution in [3.05, 3.63) is 0 Å². The number of terminal acetylenes is 1. The van der Waals surface area contributed by atoms with E-state index >= 15 is 0 Å². The van der Waals surface area contributed by atoms with Gasteiger partial charge in [0.2, 0.25) is 0 Å². The Morgan fingerprint density at radius 1 is 0.812 bits per heavy atom. The first-order valence-corrected chi connectivity index (χ1v) is 7.27. The highest BCUT2D eigenvalue weighted by atomic mass is 14.0. The summed E-state index contributed by atoms with van der Waals surface area (Å²) in [6.45, 7) is 4.42. The fourth-order valence-corrected chi connectivity index (χ4v) is 2.02. The molecule has 0 bridgehead atoms. The first kappa shape index (κ1) is 15.6. The molecule has 1 unspecified atom stereocenters. The van der Waals surface area contributed by atoms with Crippen molar-refractivity contribution < 1.29 is 0 Å². The Hall–Kier alpha value is -0.440. The molecule has 0 aromatic heterocycles. The summed E-state index contributed by atoms with van der Waals surface area (Å²) in [6.07, 6.45) is 20.6. The molecule has 0 heterocycles. The predicted octanol–water partition coefficient (Wildman–Crippen LogP) is 5.57. The predicted molar refractivity (Wildman–Crippen MR) is 74.5 cm³/mol. The molecule has 0 amide bonds. The van der Waals surface area contributed by atoms with Crippen molar-refractivity contribution in [3.63, 3.8) is 0 Å². The van der Waals surface area contributed by atoms with Gasteiger partial charge in [-0.25, -0.2) is 0 Å². The second kappa shape index (κ2) is 12.6. The lowest BCUT2D eigenvalue weighted by atomic mass is 10.0. The number of unbranched alkanes of at least 4 members (excludes halogenated alkanes) is 9. The number of hydrogen-bond donors (Lipinski definition) is 0. The molecule has 1 atom stereocenters.